The van der Waals surface area contributed by atoms with Crippen LogP contribution in [0.3, 0.4) is 0 Å². The van der Waals surface area contributed by atoms with E-state index in [1.807, 2.05) is 0 Å². The lowest BCUT2D eigenvalue weighted by atomic mass is 10.2. The van der Waals surface area contributed by atoms with Gasteiger partial charge in [-0.15, -0.1) is 0 Å². The van der Waals surface area contributed by atoms with Gasteiger partial charge in [-0.25, -0.2) is 0 Å². The van der Waals surface area contributed by atoms with E-state index in [0.717, 1.165) is 0 Å². The number of carboxylic acid groups (broad SMARTS) is 1. The van der Waals surface area contributed by atoms with Crippen molar-refractivity contribution in [2.45, 2.75) is 15.9 Å². The summed E-state index contributed by atoms with van der Waals surface area (Å²) in [5.41, 5.74) is 4.94. The third kappa shape index (κ3) is 3.44. The summed E-state index contributed by atoms with van der Waals surface area (Å²) in [6, 6.07) is -1.59. The standard InChI is InChI=1S/C4H6Cl3NO3/c5-4(6,7)2(9)1(8)3(10)11/h1-2,9H,8H2,(H,10,11). The first-order valence-electron chi connectivity index (χ1n) is 2.50. The molecule has 2 unspecified atom stereocenters. The predicted octanol–water partition coefficient (Wildman–Crippen LogP) is 0.129. The largest absolute Gasteiger partial charge is 0.480 e. The number of halogens is 3. The SMILES string of the molecule is NC(C(=O)O)C(O)C(Cl)(Cl)Cl. The van der Waals surface area contributed by atoms with E-state index in [4.69, 9.17) is 50.7 Å². The van der Waals surface area contributed by atoms with E-state index in [9.17, 15) is 4.79 Å². The van der Waals surface area contributed by atoms with Gasteiger partial charge in [0, 0.05) is 0 Å². The second kappa shape index (κ2) is 3.78. The highest BCUT2D eigenvalue weighted by Gasteiger charge is 2.38. The number of alkyl halides is 3. The van der Waals surface area contributed by atoms with E-state index in [2.05, 4.69) is 0 Å². The Labute approximate surface area is 77.8 Å². The molecule has 11 heavy (non-hydrogen) atoms. The summed E-state index contributed by atoms with van der Waals surface area (Å²) in [5, 5.41) is 17.2. The molecular formula is C4H6Cl3NO3. The Morgan fingerprint density at radius 1 is 1.45 bits per heavy atom. The van der Waals surface area contributed by atoms with Gasteiger partial charge < -0.3 is 15.9 Å². The summed E-state index contributed by atoms with van der Waals surface area (Å²) < 4.78 is -2.07. The molecule has 0 amide bonds. The molecule has 4 nitrogen and oxygen atoms in total. The first-order valence-corrected chi connectivity index (χ1v) is 3.63. The summed E-state index contributed by atoms with van der Waals surface area (Å²) in [7, 11) is 0. The van der Waals surface area contributed by atoms with Crippen molar-refractivity contribution in [1.29, 1.82) is 0 Å². The molecule has 0 aliphatic carbocycles. The molecule has 0 aromatic carbocycles. The smallest absolute Gasteiger partial charge is 0.323 e. The Bertz CT molecular complexity index is 157. The molecule has 0 aliphatic heterocycles. The van der Waals surface area contributed by atoms with Crippen LogP contribution in [-0.4, -0.2) is 32.1 Å². The summed E-state index contributed by atoms with van der Waals surface area (Å²) in [6.45, 7) is 0. The van der Waals surface area contributed by atoms with E-state index in [-0.39, 0.29) is 0 Å². The second-order valence-electron chi connectivity index (χ2n) is 1.85. The van der Waals surface area contributed by atoms with E-state index >= 15 is 0 Å². The van der Waals surface area contributed by atoms with Crippen molar-refractivity contribution in [2.24, 2.45) is 5.73 Å². The molecule has 0 saturated carbocycles. The molecule has 66 valence electrons. The number of rotatable bonds is 2. The van der Waals surface area contributed by atoms with Gasteiger partial charge in [-0.3, -0.25) is 4.79 Å². The molecule has 0 aromatic rings. The average molecular weight is 222 g/mol. The summed E-state index contributed by atoms with van der Waals surface area (Å²) in [6.07, 6.45) is -1.72. The van der Waals surface area contributed by atoms with E-state index in [1.54, 1.807) is 0 Å². The average Bonchev–Trinajstić information content (AvgIpc) is 1.82. The van der Waals surface area contributed by atoms with Crippen LogP contribution in [0, 0.1) is 0 Å². The van der Waals surface area contributed by atoms with Gasteiger partial charge in [0.25, 0.3) is 0 Å². The fourth-order valence-electron chi connectivity index (χ4n) is 0.339. The van der Waals surface area contributed by atoms with Crippen molar-refractivity contribution in [3.63, 3.8) is 0 Å². The van der Waals surface area contributed by atoms with E-state index in [0.29, 0.717) is 0 Å². The quantitative estimate of drug-likeness (QED) is 0.580. The molecule has 0 radical (unpaired) electrons. The normalized spacial score (nSPS) is 17.5. The molecule has 0 aromatic heterocycles. The Hall–Kier alpha value is 0.260. The summed E-state index contributed by atoms with van der Waals surface area (Å²) in [4.78, 5) is 10.1. The topological polar surface area (TPSA) is 83.6 Å². The number of carboxylic acids is 1. The van der Waals surface area contributed by atoms with Crippen molar-refractivity contribution in [3.8, 4) is 0 Å². The third-order valence-corrected chi connectivity index (χ3v) is 1.63. The second-order valence-corrected chi connectivity index (χ2v) is 4.22. The molecule has 0 bridgehead atoms. The Morgan fingerprint density at radius 3 is 1.91 bits per heavy atom. The minimum Gasteiger partial charge on any atom is -0.480 e. The molecule has 4 N–H and O–H groups in total. The Kier molecular flexibility index (Phi) is 3.87. The van der Waals surface area contributed by atoms with Crippen LogP contribution in [0.25, 0.3) is 0 Å². The molecule has 0 aliphatic rings. The van der Waals surface area contributed by atoms with Crippen molar-refractivity contribution < 1.29 is 15.0 Å². The van der Waals surface area contributed by atoms with Crippen LogP contribution in [0.1, 0.15) is 0 Å². The number of nitrogens with two attached hydrogens (primary N) is 1. The summed E-state index contributed by atoms with van der Waals surface area (Å²) >= 11 is 15.5. The third-order valence-electron chi connectivity index (χ3n) is 0.961. The van der Waals surface area contributed by atoms with Crippen molar-refractivity contribution in [2.75, 3.05) is 0 Å². The molecular weight excluding hydrogens is 216 g/mol. The van der Waals surface area contributed by atoms with Gasteiger partial charge in [0.15, 0.2) is 0 Å². The number of aliphatic hydroxyl groups is 1. The molecule has 0 saturated heterocycles. The van der Waals surface area contributed by atoms with E-state index in [1.165, 1.54) is 0 Å². The fraction of sp³-hybridized carbons (Fsp3) is 0.750. The summed E-state index contributed by atoms with van der Waals surface area (Å²) in [5.74, 6) is -1.43. The van der Waals surface area contributed by atoms with Crippen LogP contribution in [0.4, 0.5) is 0 Å². The van der Waals surface area contributed by atoms with Crippen LogP contribution < -0.4 is 5.73 Å². The van der Waals surface area contributed by atoms with Gasteiger partial charge in [0.2, 0.25) is 3.79 Å². The van der Waals surface area contributed by atoms with Gasteiger partial charge >= 0.3 is 5.97 Å². The number of carbonyl (C=O) groups is 1. The monoisotopic (exact) mass is 221 g/mol. The minimum absolute atomic E-state index is 1.43. The lowest BCUT2D eigenvalue weighted by Crippen LogP contribution is -2.48. The lowest BCUT2D eigenvalue weighted by molar-refractivity contribution is -0.141. The maximum atomic E-state index is 10.1. The first-order chi connectivity index (χ1) is 4.76. The molecule has 7 heteroatoms. The zero-order valence-corrected chi connectivity index (χ0v) is 7.44. The van der Waals surface area contributed by atoms with Gasteiger partial charge in [-0.1, -0.05) is 34.8 Å². The van der Waals surface area contributed by atoms with Crippen LogP contribution >= 0.6 is 34.8 Å². The highest BCUT2D eigenvalue weighted by Crippen LogP contribution is 2.31. The minimum atomic E-state index is -2.07. The lowest BCUT2D eigenvalue weighted by Gasteiger charge is -2.21. The Morgan fingerprint density at radius 2 is 1.82 bits per heavy atom. The number of aliphatic hydroxyl groups excluding tert-OH is 1. The maximum Gasteiger partial charge on any atom is 0.323 e. The van der Waals surface area contributed by atoms with Crippen LogP contribution in [0.5, 0.6) is 0 Å². The fourth-order valence-corrected chi connectivity index (χ4v) is 0.746. The molecule has 0 rings (SSSR count). The number of hydrogen-bond donors (Lipinski definition) is 3. The maximum absolute atomic E-state index is 10.1. The van der Waals surface area contributed by atoms with Crippen molar-refractivity contribution in [3.05, 3.63) is 0 Å². The van der Waals surface area contributed by atoms with Crippen LogP contribution in [0.2, 0.25) is 0 Å². The zero-order chi connectivity index (χ0) is 9.23. The van der Waals surface area contributed by atoms with Crippen LogP contribution in [-0.2, 0) is 4.79 Å². The highest BCUT2D eigenvalue weighted by molar-refractivity contribution is 6.68. The highest BCUT2D eigenvalue weighted by atomic mass is 35.6. The van der Waals surface area contributed by atoms with E-state index < -0.39 is 21.9 Å². The molecule has 2 atom stereocenters. The molecule has 0 heterocycles. The van der Waals surface area contributed by atoms with Gasteiger partial charge in [0.05, 0.1) is 0 Å². The molecule has 0 fully saturated rings. The van der Waals surface area contributed by atoms with Crippen molar-refractivity contribution in [1.82, 2.24) is 0 Å². The Balaban J connectivity index is 4.25. The van der Waals surface area contributed by atoms with Crippen molar-refractivity contribution >= 4 is 40.8 Å². The number of hydrogen-bond acceptors (Lipinski definition) is 3. The van der Waals surface area contributed by atoms with Gasteiger partial charge in [-0.2, -0.15) is 0 Å². The molecule has 0 spiro atoms. The van der Waals surface area contributed by atoms with Crippen LogP contribution in [0.15, 0.2) is 0 Å². The van der Waals surface area contributed by atoms with Gasteiger partial charge in [-0.05, 0) is 0 Å². The predicted molar refractivity (Wildman–Crippen MR) is 41.9 cm³/mol. The number of aliphatic carboxylic acids is 1. The first kappa shape index (κ1) is 11.3. The van der Waals surface area contributed by atoms with Gasteiger partial charge in [0.1, 0.15) is 12.1 Å². The zero-order valence-electron chi connectivity index (χ0n) is 5.17.